The Balaban J connectivity index is 1.42. The molecular weight excluding hydrogens is 412 g/mol. The van der Waals surface area contributed by atoms with Gasteiger partial charge in [0.25, 0.3) is 0 Å². The van der Waals surface area contributed by atoms with Gasteiger partial charge in [0.15, 0.2) is 0 Å². The number of fused-ring (bicyclic) bond motifs is 1. The second-order valence-electron chi connectivity index (χ2n) is 9.38. The normalized spacial score (nSPS) is 15.0. The zero-order chi connectivity index (χ0) is 23.2. The van der Waals surface area contributed by atoms with Gasteiger partial charge in [0.1, 0.15) is 6.04 Å². The molecule has 6 heteroatoms. The van der Waals surface area contributed by atoms with Crippen LogP contribution in [0.25, 0.3) is 10.9 Å². The molecule has 0 aliphatic heterocycles. The summed E-state index contributed by atoms with van der Waals surface area (Å²) in [5, 5.41) is 10.5. The van der Waals surface area contributed by atoms with Crippen molar-refractivity contribution in [1.82, 2.24) is 10.3 Å². The molecule has 33 heavy (non-hydrogen) atoms. The van der Waals surface area contributed by atoms with Crippen molar-refractivity contribution in [2.24, 2.45) is 11.8 Å². The van der Waals surface area contributed by atoms with Gasteiger partial charge in [0, 0.05) is 47.4 Å². The maximum absolute atomic E-state index is 13.2. The van der Waals surface area contributed by atoms with Crippen LogP contribution in [0, 0.1) is 11.8 Å². The number of hydrogen-bond donors (Lipinski definition) is 4. The lowest BCUT2D eigenvalue weighted by Crippen LogP contribution is -2.46. The van der Waals surface area contributed by atoms with Crippen molar-refractivity contribution >= 4 is 34.1 Å². The van der Waals surface area contributed by atoms with E-state index in [-0.39, 0.29) is 17.7 Å². The lowest BCUT2D eigenvalue weighted by molar-refractivity contribution is -0.128. The highest BCUT2D eigenvalue weighted by molar-refractivity contribution is 5.98. The number of aromatic amines is 1. The van der Waals surface area contributed by atoms with Crippen LogP contribution in [-0.2, 0) is 16.0 Å². The fraction of sp³-hybridized carbons (Fsp3) is 0.407. The van der Waals surface area contributed by atoms with Gasteiger partial charge in [-0.2, -0.15) is 0 Å². The van der Waals surface area contributed by atoms with E-state index < -0.39 is 6.04 Å². The Kier molecular flexibility index (Phi) is 7.33. The van der Waals surface area contributed by atoms with Crippen LogP contribution in [0.5, 0.6) is 0 Å². The predicted octanol–water partition coefficient (Wildman–Crippen LogP) is 5.09. The van der Waals surface area contributed by atoms with Gasteiger partial charge < -0.3 is 20.9 Å². The van der Waals surface area contributed by atoms with Crippen LogP contribution in [0.15, 0.2) is 54.7 Å². The zero-order valence-electron chi connectivity index (χ0n) is 19.5. The first-order chi connectivity index (χ1) is 16.0. The van der Waals surface area contributed by atoms with Gasteiger partial charge in [0.2, 0.25) is 11.8 Å². The largest absolute Gasteiger partial charge is 0.385 e. The number of amides is 2. The molecule has 174 valence electrons. The summed E-state index contributed by atoms with van der Waals surface area (Å²) in [4.78, 5) is 28.8. The molecule has 4 N–H and O–H groups in total. The fourth-order valence-corrected chi connectivity index (χ4v) is 4.45. The predicted molar refractivity (Wildman–Crippen MR) is 134 cm³/mol. The number of hydrogen-bond acceptors (Lipinski definition) is 3. The molecule has 4 rings (SSSR count). The van der Waals surface area contributed by atoms with Crippen LogP contribution in [0.3, 0.4) is 0 Å². The summed E-state index contributed by atoms with van der Waals surface area (Å²) < 4.78 is 0. The third-order valence-corrected chi connectivity index (χ3v) is 6.48. The van der Waals surface area contributed by atoms with Crippen LogP contribution in [0.2, 0.25) is 0 Å². The molecule has 0 bridgehead atoms. The number of para-hydroxylation sites is 1. The van der Waals surface area contributed by atoms with E-state index in [4.69, 9.17) is 0 Å². The van der Waals surface area contributed by atoms with Gasteiger partial charge in [-0.3, -0.25) is 9.59 Å². The van der Waals surface area contributed by atoms with Gasteiger partial charge in [-0.25, -0.2) is 0 Å². The molecule has 1 unspecified atom stereocenters. The smallest absolute Gasteiger partial charge is 0.247 e. The summed E-state index contributed by atoms with van der Waals surface area (Å²) >= 11 is 0. The minimum atomic E-state index is -0.667. The Morgan fingerprint density at radius 2 is 1.67 bits per heavy atom. The first kappa shape index (κ1) is 22.9. The van der Waals surface area contributed by atoms with Gasteiger partial charge in [0.05, 0.1) is 0 Å². The molecule has 0 radical (unpaired) electrons. The van der Waals surface area contributed by atoms with Crippen molar-refractivity contribution in [3.8, 4) is 0 Å². The fourth-order valence-electron chi connectivity index (χ4n) is 4.45. The van der Waals surface area contributed by atoms with Gasteiger partial charge in [-0.1, -0.05) is 44.9 Å². The van der Waals surface area contributed by atoms with Crippen molar-refractivity contribution in [3.05, 3.63) is 60.3 Å². The maximum Gasteiger partial charge on any atom is 0.247 e. The number of nitrogens with one attached hydrogen (secondary N) is 4. The molecule has 3 aromatic rings. The number of rotatable bonds is 9. The summed E-state index contributed by atoms with van der Waals surface area (Å²) in [5.41, 5.74) is 3.79. The summed E-state index contributed by atoms with van der Waals surface area (Å²) in [5.74, 6) is 0.204. The molecule has 0 spiro atoms. The Hall–Kier alpha value is -3.28. The highest BCUT2D eigenvalue weighted by Crippen LogP contribution is 2.25. The van der Waals surface area contributed by atoms with Crippen LogP contribution in [-0.4, -0.2) is 29.4 Å². The number of H-pyrrole nitrogens is 1. The highest BCUT2D eigenvalue weighted by atomic mass is 16.2. The van der Waals surface area contributed by atoms with E-state index in [1.54, 1.807) is 0 Å². The third-order valence-electron chi connectivity index (χ3n) is 6.48. The van der Waals surface area contributed by atoms with Gasteiger partial charge in [-0.15, -0.1) is 0 Å². The van der Waals surface area contributed by atoms with E-state index in [1.165, 1.54) is 25.7 Å². The number of anilines is 2. The van der Waals surface area contributed by atoms with E-state index in [9.17, 15) is 9.59 Å². The average Bonchev–Trinajstić information content (AvgIpc) is 3.48. The highest BCUT2D eigenvalue weighted by Gasteiger charge is 2.24. The minimum absolute atomic E-state index is 0.138. The molecule has 2 amide bonds. The third kappa shape index (κ3) is 5.95. The molecule has 1 aliphatic rings. The Bertz CT molecular complexity index is 1080. The van der Waals surface area contributed by atoms with Crippen LogP contribution >= 0.6 is 0 Å². The summed E-state index contributed by atoms with van der Waals surface area (Å²) in [6, 6.07) is 15.1. The molecule has 1 saturated carbocycles. The van der Waals surface area contributed by atoms with Crippen molar-refractivity contribution in [1.29, 1.82) is 0 Å². The second kappa shape index (κ2) is 10.6. The van der Waals surface area contributed by atoms with E-state index in [1.807, 2.05) is 68.6 Å². The first-order valence-electron chi connectivity index (χ1n) is 12.0. The molecule has 0 saturated heterocycles. The number of benzene rings is 2. The molecule has 1 heterocycles. The topological polar surface area (TPSA) is 86.0 Å². The van der Waals surface area contributed by atoms with Gasteiger partial charge >= 0.3 is 0 Å². The molecule has 6 nitrogen and oxygen atoms in total. The summed E-state index contributed by atoms with van der Waals surface area (Å²) in [7, 11) is 0. The van der Waals surface area contributed by atoms with Crippen molar-refractivity contribution in [2.45, 2.75) is 52.0 Å². The van der Waals surface area contributed by atoms with Gasteiger partial charge in [-0.05, 0) is 54.7 Å². The first-order valence-corrected chi connectivity index (χ1v) is 12.0. The molecule has 1 fully saturated rings. The second-order valence-corrected chi connectivity index (χ2v) is 9.38. The number of aromatic nitrogens is 1. The molecule has 1 aromatic heterocycles. The molecule has 1 aliphatic carbocycles. The van der Waals surface area contributed by atoms with Crippen LogP contribution in [0.4, 0.5) is 11.4 Å². The minimum Gasteiger partial charge on any atom is -0.385 e. The van der Waals surface area contributed by atoms with Crippen molar-refractivity contribution in [3.63, 3.8) is 0 Å². The van der Waals surface area contributed by atoms with Crippen molar-refractivity contribution < 1.29 is 9.59 Å². The number of carbonyl (C=O) groups excluding carboxylic acids is 2. The quantitative estimate of drug-likeness (QED) is 0.369. The lowest BCUT2D eigenvalue weighted by atomic mass is 10.0. The monoisotopic (exact) mass is 446 g/mol. The lowest BCUT2D eigenvalue weighted by Gasteiger charge is -2.20. The van der Waals surface area contributed by atoms with E-state index >= 15 is 0 Å². The van der Waals surface area contributed by atoms with Crippen molar-refractivity contribution in [2.75, 3.05) is 17.2 Å². The summed E-state index contributed by atoms with van der Waals surface area (Å²) in [6.45, 7) is 4.65. The van der Waals surface area contributed by atoms with Crippen LogP contribution < -0.4 is 16.0 Å². The summed E-state index contributed by atoms with van der Waals surface area (Å²) in [6.07, 6.45) is 7.61. The Morgan fingerprint density at radius 1 is 0.970 bits per heavy atom. The Labute approximate surface area is 195 Å². The van der Waals surface area contributed by atoms with E-state index in [0.29, 0.717) is 12.1 Å². The molecular formula is C27H34N4O2. The zero-order valence-corrected chi connectivity index (χ0v) is 19.5. The Morgan fingerprint density at radius 3 is 2.39 bits per heavy atom. The molecule has 2 aromatic carbocycles. The van der Waals surface area contributed by atoms with E-state index in [0.717, 1.165) is 34.6 Å². The number of carbonyl (C=O) groups is 2. The average molecular weight is 447 g/mol. The maximum atomic E-state index is 13.2. The molecule has 1 atom stereocenters. The SMILES string of the molecule is CC(C)C(=O)NC(Cc1c[nH]c2ccccc12)C(=O)Nc1ccc(NCC2CCCC2)cc1. The standard InChI is InChI=1S/C27H34N4O2/c1-18(2)26(32)31-25(15-20-17-29-24-10-6-5-9-23(20)24)27(33)30-22-13-11-21(12-14-22)28-16-19-7-3-4-8-19/h5-6,9-14,17-19,25,28-29H,3-4,7-8,15-16H2,1-2H3,(H,30,33)(H,31,32). The van der Waals surface area contributed by atoms with Crippen LogP contribution in [0.1, 0.15) is 45.1 Å². The van der Waals surface area contributed by atoms with E-state index in [2.05, 4.69) is 20.9 Å².